The van der Waals surface area contributed by atoms with Gasteiger partial charge in [-0.2, -0.15) is 0 Å². The van der Waals surface area contributed by atoms with Crippen LogP contribution in [-0.2, 0) is 14.3 Å². The number of halogens is 1. The number of nitrogens with zero attached hydrogens (tertiary/aromatic N) is 1. The molecule has 7 heteroatoms. The number of hydrogen-bond donors (Lipinski definition) is 1. The number of anilines is 1. The van der Waals surface area contributed by atoms with Crippen LogP contribution in [0.5, 0.6) is 0 Å². The molecule has 0 aromatic heterocycles. The Balaban J connectivity index is 2.00. The average molecular weight is 497 g/mol. The number of carbonyl (C=O) groups is 2. The molecule has 0 saturated carbocycles. The second-order valence-corrected chi connectivity index (χ2v) is 10.7. The first-order valence-electron chi connectivity index (χ1n) is 11.3. The van der Waals surface area contributed by atoms with Crippen molar-refractivity contribution in [2.24, 2.45) is 11.1 Å². The molecule has 0 saturated heterocycles. The Hall–Kier alpha value is -2.70. The van der Waals surface area contributed by atoms with Crippen LogP contribution >= 0.6 is 23.4 Å². The summed E-state index contributed by atoms with van der Waals surface area (Å²) in [6, 6.07) is 15.2. The van der Waals surface area contributed by atoms with Gasteiger partial charge in [0, 0.05) is 33.3 Å². The number of Topliss-reactive ketones (excluding diaryl/α,β-unsaturated/α-hetero) is 1. The summed E-state index contributed by atoms with van der Waals surface area (Å²) in [5.41, 5.74) is 9.86. The normalized spacial score (nSPS) is 19.9. The summed E-state index contributed by atoms with van der Waals surface area (Å²) in [7, 11) is 0. The summed E-state index contributed by atoms with van der Waals surface area (Å²) in [5.74, 6) is -0.790. The predicted molar refractivity (Wildman–Crippen MR) is 138 cm³/mol. The highest BCUT2D eigenvalue weighted by Crippen LogP contribution is 2.50. The fourth-order valence-corrected chi connectivity index (χ4v) is 5.37. The van der Waals surface area contributed by atoms with Gasteiger partial charge in [-0.15, -0.1) is 11.8 Å². The van der Waals surface area contributed by atoms with Gasteiger partial charge in [0.1, 0.15) is 5.82 Å². The molecular weight excluding hydrogens is 468 g/mol. The summed E-state index contributed by atoms with van der Waals surface area (Å²) in [6.07, 6.45) is 3.05. The Labute approximate surface area is 210 Å². The smallest absolute Gasteiger partial charge is 0.338 e. The Kier molecular flexibility index (Phi) is 6.83. The molecule has 2 N–H and O–H groups in total. The van der Waals surface area contributed by atoms with Crippen LogP contribution in [0.3, 0.4) is 0 Å². The average Bonchev–Trinajstić information content (AvgIpc) is 2.78. The number of nitrogens with two attached hydrogens (primary N) is 1. The maximum atomic E-state index is 13.7. The van der Waals surface area contributed by atoms with E-state index in [-0.39, 0.29) is 23.6 Å². The maximum Gasteiger partial charge on any atom is 0.338 e. The lowest BCUT2D eigenvalue weighted by molar-refractivity contribution is -0.138. The lowest BCUT2D eigenvalue weighted by atomic mass is 9.68. The van der Waals surface area contributed by atoms with E-state index in [0.717, 1.165) is 21.8 Å². The van der Waals surface area contributed by atoms with E-state index in [1.54, 1.807) is 30.8 Å². The van der Waals surface area contributed by atoms with Crippen molar-refractivity contribution < 1.29 is 14.3 Å². The highest BCUT2D eigenvalue weighted by Gasteiger charge is 2.46. The van der Waals surface area contributed by atoms with Crippen molar-refractivity contribution in [1.29, 1.82) is 0 Å². The van der Waals surface area contributed by atoms with Crippen molar-refractivity contribution in [2.75, 3.05) is 17.8 Å². The maximum absolute atomic E-state index is 13.7. The number of carbonyl (C=O) groups excluding carboxylic acids is 2. The first-order valence-corrected chi connectivity index (χ1v) is 12.9. The molecule has 1 heterocycles. The monoisotopic (exact) mass is 496 g/mol. The predicted octanol–water partition coefficient (Wildman–Crippen LogP) is 6.04. The van der Waals surface area contributed by atoms with Gasteiger partial charge < -0.3 is 10.5 Å². The minimum atomic E-state index is -0.586. The Morgan fingerprint density at radius 3 is 2.38 bits per heavy atom. The molecule has 0 radical (unpaired) electrons. The van der Waals surface area contributed by atoms with Gasteiger partial charge in [0.15, 0.2) is 5.78 Å². The molecule has 1 aliphatic carbocycles. The van der Waals surface area contributed by atoms with Gasteiger partial charge in [-0.25, -0.2) is 4.79 Å². The molecule has 0 unspecified atom stereocenters. The second-order valence-electron chi connectivity index (χ2n) is 9.34. The van der Waals surface area contributed by atoms with Crippen molar-refractivity contribution in [2.45, 2.75) is 44.4 Å². The molecular formula is C27H29ClN2O3S. The van der Waals surface area contributed by atoms with E-state index in [4.69, 9.17) is 22.1 Å². The molecule has 34 heavy (non-hydrogen) atoms. The van der Waals surface area contributed by atoms with Crippen molar-refractivity contribution >= 4 is 40.8 Å². The summed E-state index contributed by atoms with van der Waals surface area (Å²) in [4.78, 5) is 29.9. The fraction of sp³-hybridized carbons (Fsp3) is 0.333. The van der Waals surface area contributed by atoms with Crippen molar-refractivity contribution in [1.82, 2.24) is 0 Å². The number of hydrogen-bond acceptors (Lipinski definition) is 6. The number of ether oxygens (including phenoxy) is 1. The van der Waals surface area contributed by atoms with E-state index in [1.807, 2.05) is 47.6 Å². The van der Waals surface area contributed by atoms with Gasteiger partial charge in [-0.3, -0.25) is 9.69 Å². The lowest BCUT2D eigenvalue weighted by Gasteiger charge is -2.44. The zero-order valence-electron chi connectivity index (χ0n) is 19.9. The minimum absolute atomic E-state index is 0.0263. The zero-order valence-corrected chi connectivity index (χ0v) is 21.4. The van der Waals surface area contributed by atoms with Gasteiger partial charge >= 0.3 is 5.97 Å². The third kappa shape index (κ3) is 4.49. The van der Waals surface area contributed by atoms with Gasteiger partial charge in [-0.1, -0.05) is 37.6 Å². The molecule has 4 rings (SSSR count). The molecule has 5 nitrogen and oxygen atoms in total. The molecule has 2 aliphatic rings. The van der Waals surface area contributed by atoms with Crippen molar-refractivity contribution in [3.05, 3.63) is 81.8 Å². The van der Waals surface area contributed by atoms with E-state index < -0.39 is 11.9 Å². The first kappa shape index (κ1) is 24.4. The number of rotatable bonds is 5. The molecule has 0 bridgehead atoms. The quantitative estimate of drug-likeness (QED) is 0.401. The fourth-order valence-electron chi connectivity index (χ4n) is 4.83. The number of ketones is 1. The van der Waals surface area contributed by atoms with Crippen LogP contribution in [0.1, 0.15) is 45.1 Å². The topological polar surface area (TPSA) is 72.6 Å². The van der Waals surface area contributed by atoms with Crippen LogP contribution < -0.4 is 10.6 Å². The molecule has 178 valence electrons. The summed E-state index contributed by atoms with van der Waals surface area (Å²) in [5, 5.41) is 0.593. The Morgan fingerprint density at radius 2 is 1.79 bits per heavy atom. The van der Waals surface area contributed by atoms with E-state index in [2.05, 4.69) is 13.8 Å². The van der Waals surface area contributed by atoms with Gasteiger partial charge in [0.2, 0.25) is 0 Å². The molecule has 2 aromatic carbocycles. The number of esters is 1. The number of allylic oxidation sites excluding steroid dienone is 2. The molecule has 0 fully saturated rings. The second kappa shape index (κ2) is 9.51. The lowest BCUT2D eigenvalue weighted by Crippen LogP contribution is -2.43. The Bertz CT molecular complexity index is 1180. The van der Waals surface area contributed by atoms with Gasteiger partial charge in [-0.05, 0) is 67.0 Å². The van der Waals surface area contributed by atoms with E-state index in [1.165, 1.54) is 0 Å². The molecule has 0 spiro atoms. The summed E-state index contributed by atoms with van der Waals surface area (Å²) in [6.45, 7) is 6.13. The van der Waals surface area contributed by atoms with Crippen molar-refractivity contribution in [3.63, 3.8) is 0 Å². The van der Waals surface area contributed by atoms with Gasteiger partial charge in [0.25, 0.3) is 0 Å². The van der Waals surface area contributed by atoms with Gasteiger partial charge in [0.05, 0.1) is 18.1 Å². The van der Waals surface area contributed by atoms with Crippen molar-refractivity contribution in [3.8, 4) is 0 Å². The van der Waals surface area contributed by atoms with Crippen LogP contribution in [0.2, 0.25) is 5.02 Å². The summed E-state index contributed by atoms with van der Waals surface area (Å²) < 4.78 is 5.45. The third-order valence-electron chi connectivity index (χ3n) is 6.29. The molecule has 2 aromatic rings. The standard InChI is InChI=1S/C27H29ClN2O3S/c1-5-33-26(32)24-22(16-6-12-19(34-4)13-7-16)23-20(14-27(2,3)15-21(23)31)30(25(24)29)18-10-8-17(28)9-11-18/h6-13,22H,5,14-15,29H2,1-4H3/t22-/m1/s1. The molecule has 0 amide bonds. The SMILES string of the molecule is CCOC(=O)C1=C(N)N(c2ccc(Cl)cc2)C2=C(C(=O)CC(C)(C)C2)[C@H]1c1ccc(SC)cc1. The van der Waals surface area contributed by atoms with Crippen LogP contribution in [0.4, 0.5) is 5.69 Å². The highest BCUT2D eigenvalue weighted by molar-refractivity contribution is 7.98. The van der Waals surface area contributed by atoms with E-state index in [0.29, 0.717) is 29.0 Å². The van der Waals surface area contributed by atoms with Crippen LogP contribution in [-0.4, -0.2) is 24.6 Å². The highest BCUT2D eigenvalue weighted by atomic mass is 35.5. The van der Waals surface area contributed by atoms with Crippen LogP contribution in [0.15, 0.2) is 76.1 Å². The zero-order chi connectivity index (χ0) is 24.6. The molecule has 1 atom stereocenters. The first-order chi connectivity index (χ1) is 16.2. The van der Waals surface area contributed by atoms with Crippen LogP contribution in [0, 0.1) is 5.41 Å². The van der Waals surface area contributed by atoms with E-state index in [9.17, 15) is 9.59 Å². The third-order valence-corrected chi connectivity index (χ3v) is 7.29. The number of benzene rings is 2. The Morgan fingerprint density at radius 1 is 1.15 bits per heavy atom. The molecule has 1 aliphatic heterocycles. The minimum Gasteiger partial charge on any atom is -0.463 e. The summed E-state index contributed by atoms with van der Waals surface area (Å²) >= 11 is 7.77. The van der Waals surface area contributed by atoms with E-state index >= 15 is 0 Å². The largest absolute Gasteiger partial charge is 0.463 e. The van der Waals surface area contributed by atoms with Crippen LogP contribution in [0.25, 0.3) is 0 Å². The number of thioether (sulfide) groups is 1.